The van der Waals surface area contributed by atoms with Gasteiger partial charge < -0.3 is 5.32 Å². The van der Waals surface area contributed by atoms with Crippen LogP contribution in [0.4, 0.5) is 11.4 Å². The van der Waals surface area contributed by atoms with E-state index in [-0.39, 0.29) is 41.4 Å². The number of nitrogens with one attached hydrogen (secondary N) is 1. The molecule has 156 valence electrons. The molecule has 2 aromatic carbocycles. The zero-order valence-electron chi connectivity index (χ0n) is 17.3. The van der Waals surface area contributed by atoms with Gasteiger partial charge in [-0.15, -0.1) is 0 Å². The Kier molecular flexibility index (Phi) is 3.98. The first-order valence-electron chi connectivity index (χ1n) is 11.1. The van der Waals surface area contributed by atoms with Crippen molar-refractivity contribution >= 4 is 29.1 Å². The first-order chi connectivity index (χ1) is 15.1. The number of hydrogen-bond donors (Lipinski definition) is 1. The molecule has 7 rings (SSSR count). The summed E-state index contributed by atoms with van der Waals surface area (Å²) in [4.78, 5) is 41.5. The molecule has 0 aromatic heterocycles. The highest BCUT2D eigenvalue weighted by Crippen LogP contribution is 2.65. The molecule has 3 fully saturated rings. The molecule has 5 nitrogen and oxygen atoms in total. The highest BCUT2D eigenvalue weighted by Gasteiger charge is 2.67. The molecule has 1 heterocycles. The van der Waals surface area contributed by atoms with Gasteiger partial charge in [0.25, 0.3) is 5.91 Å². The predicted octanol–water partition coefficient (Wildman–Crippen LogP) is 4.06. The van der Waals surface area contributed by atoms with Crippen LogP contribution in [0.5, 0.6) is 0 Å². The van der Waals surface area contributed by atoms with Crippen LogP contribution < -0.4 is 10.2 Å². The number of amides is 3. The third-order valence-corrected chi connectivity index (χ3v) is 7.70. The zero-order chi connectivity index (χ0) is 21.3. The maximum atomic E-state index is 13.5. The van der Waals surface area contributed by atoms with Crippen LogP contribution in [0.25, 0.3) is 0 Å². The van der Waals surface area contributed by atoms with E-state index < -0.39 is 0 Å². The van der Waals surface area contributed by atoms with Crippen LogP contribution in [0.1, 0.15) is 29.3 Å². The standard InChI is InChI=1S/C26H24N2O3/c1-2-14-7-3-5-9-20(14)27-24(29)17-8-4-6-10-21(17)28-25(30)22-15-11-12-16(19-13-18(15)19)23(22)26(28)31/h3-12,15-16,18-19,22-23H,2,13H2,1H3,(H,27,29)/t15-,16-,18-,19-,22+,23+/m0/s1. The van der Waals surface area contributed by atoms with Crippen molar-refractivity contribution in [2.75, 3.05) is 10.2 Å². The van der Waals surface area contributed by atoms with Crippen molar-refractivity contribution in [3.63, 3.8) is 0 Å². The number of nitrogens with zero attached hydrogens (tertiary/aromatic N) is 1. The van der Waals surface area contributed by atoms with E-state index >= 15 is 0 Å². The van der Waals surface area contributed by atoms with Gasteiger partial charge in [0.05, 0.1) is 23.1 Å². The molecule has 1 saturated heterocycles. The average molecular weight is 412 g/mol. The number of aryl methyl sites for hydroxylation is 1. The summed E-state index contributed by atoms with van der Waals surface area (Å²) in [5, 5.41) is 2.98. The first kappa shape index (κ1) is 18.6. The Morgan fingerprint density at radius 2 is 1.55 bits per heavy atom. The second kappa shape index (κ2) is 6.64. The van der Waals surface area contributed by atoms with E-state index in [1.54, 1.807) is 24.3 Å². The molecule has 31 heavy (non-hydrogen) atoms. The molecule has 1 N–H and O–H groups in total. The second-order valence-corrected chi connectivity index (χ2v) is 9.15. The summed E-state index contributed by atoms with van der Waals surface area (Å²) in [6, 6.07) is 14.6. The predicted molar refractivity (Wildman–Crippen MR) is 117 cm³/mol. The van der Waals surface area contributed by atoms with Gasteiger partial charge in [0.1, 0.15) is 0 Å². The minimum Gasteiger partial charge on any atom is -0.322 e. The van der Waals surface area contributed by atoms with Crippen molar-refractivity contribution in [1.29, 1.82) is 0 Å². The second-order valence-electron chi connectivity index (χ2n) is 9.15. The number of benzene rings is 2. The molecule has 5 aliphatic rings. The average Bonchev–Trinajstić information content (AvgIpc) is 3.57. The van der Waals surface area contributed by atoms with Crippen LogP contribution in [0.3, 0.4) is 0 Å². The summed E-state index contributed by atoms with van der Waals surface area (Å²) in [6.07, 6.45) is 6.25. The summed E-state index contributed by atoms with van der Waals surface area (Å²) in [5.74, 6) is 0.289. The fraction of sp³-hybridized carbons (Fsp3) is 0.346. The number of para-hydroxylation sites is 2. The largest absolute Gasteiger partial charge is 0.322 e. The van der Waals surface area contributed by atoms with Crippen LogP contribution in [-0.4, -0.2) is 17.7 Å². The summed E-state index contributed by atoms with van der Waals surface area (Å²) < 4.78 is 0. The summed E-state index contributed by atoms with van der Waals surface area (Å²) in [7, 11) is 0. The van der Waals surface area contributed by atoms with Crippen LogP contribution in [0, 0.1) is 35.5 Å². The van der Waals surface area contributed by atoms with Crippen molar-refractivity contribution < 1.29 is 14.4 Å². The third-order valence-electron chi connectivity index (χ3n) is 7.70. The fourth-order valence-corrected chi connectivity index (χ4v) is 6.20. The molecule has 1 aliphatic heterocycles. The van der Waals surface area contributed by atoms with Crippen molar-refractivity contribution in [3.05, 3.63) is 71.8 Å². The van der Waals surface area contributed by atoms with E-state index in [4.69, 9.17) is 0 Å². The van der Waals surface area contributed by atoms with Gasteiger partial charge in [0.15, 0.2) is 0 Å². The molecule has 0 radical (unpaired) electrons. The number of anilines is 2. The molecule has 6 atom stereocenters. The molecule has 2 aromatic rings. The van der Waals surface area contributed by atoms with Gasteiger partial charge in [-0.25, -0.2) is 4.90 Å². The molecular formula is C26H24N2O3. The third kappa shape index (κ3) is 2.59. The first-order valence-corrected chi connectivity index (χ1v) is 11.1. The van der Waals surface area contributed by atoms with Gasteiger partial charge in [-0.05, 0) is 60.3 Å². The summed E-state index contributed by atoms with van der Waals surface area (Å²) >= 11 is 0. The minimum absolute atomic E-state index is 0.145. The molecule has 5 heteroatoms. The van der Waals surface area contributed by atoms with Gasteiger partial charge in [-0.1, -0.05) is 49.4 Å². The number of allylic oxidation sites excluding steroid dienone is 2. The maximum Gasteiger partial charge on any atom is 0.257 e. The van der Waals surface area contributed by atoms with Crippen molar-refractivity contribution in [2.24, 2.45) is 35.5 Å². The number of rotatable bonds is 4. The van der Waals surface area contributed by atoms with E-state index in [1.165, 1.54) is 4.90 Å². The Labute approximate surface area is 181 Å². The molecule has 4 aliphatic carbocycles. The quantitative estimate of drug-likeness (QED) is 0.608. The number of carbonyl (C=O) groups excluding carboxylic acids is 3. The molecule has 3 amide bonds. The van der Waals surface area contributed by atoms with E-state index in [0.29, 0.717) is 23.1 Å². The highest BCUT2D eigenvalue weighted by molar-refractivity contribution is 6.25. The SMILES string of the molecule is CCc1ccccc1NC(=O)c1ccccc1N1C(=O)[C@@H]2[C@H]3C=C[C@@H]([C@@H]4C[C@@H]34)[C@H]2C1=O. The zero-order valence-corrected chi connectivity index (χ0v) is 17.3. The van der Waals surface area contributed by atoms with E-state index in [9.17, 15) is 14.4 Å². The van der Waals surface area contributed by atoms with E-state index in [0.717, 1.165) is 24.1 Å². The minimum atomic E-state index is -0.309. The summed E-state index contributed by atoms with van der Waals surface area (Å²) in [5.41, 5.74) is 2.53. The lowest BCUT2D eigenvalue weighted by Gasteiger charge is -2.37. The summed E-state index contributed by atoms with van der Waals surface area (Å²) in [6.45, 7) is 2.04. The van der Waals surface area contributed by atoms with Gasteiger partial charge in [-0.2, -0.15) is 0 Å². The monoisotopic (exact) mass is 412 g/mol. The number of imide groups is 1. The van der Waals surface area contributed by atoms with E-state index in [1.807, 2.05) is 31.2 Å². The number of carbonyl (C=O) groups is 3. The molecule has 2 bridgehead atoms. The van der Waals surface area contributed by atoms with Crippen LogP contribution in [-0.2, 0) is 16.0 Å². The van der Waals surface area contributed by atoms with Crippen LogP contribution in [0.2, 0.25) is 0 Å². The Balaban J connectivity index is 1.35. The van der Waals surface area contributed by atoms with Crippen molar-refractivity contribution in [2.45, 2.75) is 19.8 Å². The normalized spacial score (nSPS) is 32.1. The maximum absolute atomic E-state index is 13.5. The van der Waals surface area contributed by atoms with Gasteiger partial charge >= 0.3 is 0 Å². The Morgan fingerprint density at radius 1 is 0.935 bits per heavy atom. The highest BCUT2D eigenvalue weighted by atomic mass is 16.2. The van der Waals surface area contributed by atoms with Crippen molar-refractivity contribution in [3.8, 4) is 0 Å². The Bertz CT molecular complexity index is 1120. The van der Waals surface area contributed by atoms with Gasteiger partial charge in [0.2, 0.25) is 11.8 Å². The molecule has 2 saturated carbocycles. The van der Waals surface area contributed by atoms with Gasteiger partial charge in [-0.3, -0.25) is 14.4 Å². The Hall–Kier alpha value is -3.21. The van der Waals surface area contributed by atoms with Gasteiger partial charge in [0, 0.05) is 5.69 Å². The lowest BCUT2D eigenvalue weighted by atomic mass is 9.63. The number of hydrogen-bond acceptors (Lipinski definition) is 3. The topological polar surface area (TPSA) is 66.5 Å². The lowest BCUT2D eigenvalue weighted by molar-refractivity contribution is -0.124. The smallest absolute Gasteiger partial charge is 0.257 e. The molecule has 0 unspecified atom stereocenters. The van der Waals surface area contributed by atoms with E-state index in [2.05, 4.69) is 17.5 Å². The van der Waals surface area contributed by atoms with Crippen LogP contribution >= 0.6 is 0 Å². The lowest BCUT2D eigenvalue weighted by Crippen LogP contribution is -2.40. The fourth-order valence-electron chi connectivity index (χ4n) is 6.20. The Morgan fingerprint density at radius 3 is 2.23 bits per heavy atom. The van der Waals surface area contributed by atoms with Crippen LogP contribution in [0.15, 0.2) is 60.7 Å². The molecule has 0 spiro atoms. The molecular weight excluding hydrogens is 388 g/mol. The van der Waals surface area contributed by atoms with Crippen molar-refractivity contribution in [1.82, 2.24) is 0 Å².